The van der Waals surface area contributed by atoms with E-state index in [0.29, 0.717) is 31.9 Å². The van der Waals surface area contributed by atoms with Gasteiger partial charge in [0.15, 0.2) is 0 Å². The van der Waals surface area contributed by atoms with Crippen molar-refractivity contribution < 1.29 is 13.9 Å². The van der Waals surface area contributed by atoms with Gasteiger partial charge in [0.25, 0.3) is 5.91 Å². The first-order chi connectivity index (χ1) is 13.0. The number of likely N-dealkylation sites (tertiary alicyclic amines) is 1. The van der Waals surface area contributed by atoms with Crippen molar-refractivity contribution in [2.75, 3.05) is 19.7 Å². The van der Waals surface area contributed by atoms with Crippen LogP contribution in [0.15, 0.2) is 24.4 Å². The molecule has 1 aromatic heterocycles. The average molecular weight is 392 g/mol. The molecule has 2 heterocycles. The van der Waals surface area contributed by atoms with Crippen molar-refractivity contribution in [3.8, 4) is 0 Å². The van der Waals surface area contributed by atoms with E-state index >= 15 is 0 Å². The van der Waals surface area contributed by atoms with Crippen molar-refractivity contribution in [2.24, 2.45) is 0 Å². The second-order valence-corrected chi connectivity index (χ2v) is 7.07. The lowest BCUT2D eigenvalue weighted by atomic mass is 9.90. The predicted octanol–water partition coefficient (Wildman–Crippen LogP) is 4.13. The van der Waals surface area contributed by atoms with E-state index in [2.05, 4.69) is 9.97 Å². The number of hydrogen-bond donors (Lipinski definition) is 0. The fraction of sp³-hybridized carbons (Fsp3) is 0.450. The molecule has 5 nitrogen and oxygen atoms in total. The number of benzene rings is 1. The first-order valence-corrected chi connectivity index (χ1v) is 9.52. The van der Waals surface area contributed by atoms with Crippen LogP contribution < -0.4 is 0 Å². The molecule has 7 heteroatoms. The van der Waals surface area contributed by atoms with Crippen LogP contribution in [0.25, 0.3) is 0 Å². The summed E-state index contributed by atoms with van der Waals surface area (Å²) in [6, 6.07) is 4.09. The Hall–Kier alpha value is -2.05. The van der Waals surface area contributed by atoms with Gasteiger partial charge in [-0.3, -0.25) is 4.79 Å². The van der Waals surface area contributed by atoms with Crippen molar-refractivity contribution in [2.45, 2.75) is 39.2 Å². The Labute approximate surface area is 163 Å². The Morgan fingerprint density at radius 1 is 1.37 bits per heavy atom. The number of carbonyl (C=O) groups excluding carboxylic acids is 1. The Morgan fingerprint density at radius 3 is 2.78 bits per heavy atom. The quantitative estimate of drug-likeness (QED) is 0.768. The number of ether oxygens (including phenoxy) is 1. The van der Waals surface area contributed by atoms with E-state index in [4.69, 9.17) is 16.3 Å². The minimum atomic E-state index is -0.520. The van der Waals surface area contributed by atoms with Crippen LogP contribution in [0, 0.1) is 12.7 Å². The molecule has 0 radical (unpaired) electrons. The Bertz CT molecular complexity index is 823. The molecule has 1 fully saturated rings. The highest BCUT2D eigenvalue weighted by atomic mass is 35.5. The number of aromatic nitrogens is 2. The summed E-state index contributed by atoms with van der Waals surface area (Å²) < 4.78 is 18.9. The largest absolute Gasteiger partial charge is 0.377 e. The molecule has 3 rings (SSSR count). The third-order valence-corrected chi connectivity index (χ3v) is 5.11. The maximum absolute atomic E-state index is 13.3. The fourth-order valence-corrected chi connectivity index (χ4v) is 3.54. The molecule has 1 amide bonds. The second kappa shape index (κ2) is 8.76. The molecule has 0 unspecified atom stereocenters. The lowest BCUT2D eigenvalue weighted by Gasteiger charge is -2.32. The maximum Gasteiger partial charge on any atom is 0.253 e. The molecule has 0 N–H and O–H groups in total. The van der Waals surface area contributed by atoms with Gasteiger partial charge in [-0.15, -0.1) is 0 Å². The van der Waals surface area contributed by atoms with Crippen molar-refractivity contribution in [3.63, 3.8) is 0 Å². The van der Waals surface area contributed by atoms with Gasteiger partial charge in [-0.25, -0.2) is 14.4 Å². The second-order valence-electron chi connectivity index (χ2n) is 6.66. The number of nitrogens with zero attached hydrogens (tertiary/aromatic N) is 3. The molecule has 2 aromatic rings. The van der Waals surface area contributed by atoms with E-state index in [0.717, 1.165) is 29.9 Å². The summed E-state index contributed by atoms with van der Waals surface area (Å²) in [6.07, 6.45) is 3.47. The molecule has 144 valence electrons. The zero-order valence-electron chi connectivity index (χ0n) is 15.5. The number of hydrogen-bond acceptors (Lipinski definition) is 4. The fourth-order valence-electron chi connectivity index (χ4n) is 3.36. The van der Waals surface area contributed by atoms with E-state index in [-0.39, 0.29) is 16.8 Å². The summed E-state index contributed by atoms with van der Waals surface area (Å²) in [5.74, 6) is 0.365. The standard InChI is InChI=1S/C20H23ClFN3O2/c1-3-27-12-16-11-23-13(2)24-19(16)14-6-8-25(9-7-14)20(26)15-4-5-18(22)17(21)10-15/h4-5,10-11,14H,3,6-9,12H2,1-2H3. The highest BCUT2D eigenvalue weighted by Gasteiger charge is 2.27. The van der Waals surface area contributed by atoms with Gasteiger partial charge in [0, 0.05) is 42.9 Å². The van der Waals surface area contributed by atoms with Gasteiger partial charge in [-0.2, -0.15) is 0 Å². The van der Waals surface area contributed by atoms with Gasteiger partial charge < -0.3 is 9.64 Å². The van der Waals surface area contributed by atoms with Crippen LogP contribution in [-0.4, -0.2) is 40.5 Å². The van der Waals surface area contributed by atoms with Crippen LogP contribution in [0.5, 0.6) is 0 Å². The molecule has 1 aliphatic rings. The average Bonchev–Trinajstić information content (AvgIpc) is 2.68. The van der Waals surface area contributed by atoms with Gasteiger partial charge in [0.05, 0.1) is 17.3 Å². The zero-order valence-corrected chi connectivity index (χ0v) is 16.3. The van der Waals surface area contributed by atoms with Gasteiger partial charge in [0.2, 0.25) is 0 Å². The van der Waals surface area contributed by atoms with E-state index in [9.17, 15) is 9.18 Å². The molecule has 0 saturated carbocycles. The molecule has 27 heavy (non-hydrogen) atoms. The summed E-state index contributed by atoms with van der Waals surface area (Å²) >= 11 is 5.80. The highest BCUT2D eigenvalue weighted by Crippen LogP contribution is 2.30. The van der Waals surface area contributed by atoms with Crippen LogP contribution in [0.2, 0.25) is 5.02 Å². The normalized spacial score (nSPS) is 15.2. The van der Waals surface area contributed by atoms with Crippen LogP contribution in [0.3, 0.4) is 0 Å². The minimum absolute atomic E-state index is 0.0345. The molecule has 0 aliphatic carbocycles. The first-order valence-electron chi connectivity index (χ1n) is 9.14. The Balaban J connectivity index is 1.69. The van der Waals surface area contributed by atoms with Crippen molar-refractivity contribution in [3.05, 3.63) is 57.9 Å². The third kappa shape index (κ3) is 4.62. The number of halogens is 2. The van der Waals surface area contributed by atoms with Crippen LogP contribution in [0.4, 0.5) is 4.39 Å². The summed E-state index contributed by atoms with van der Waals surface area (Å²) in [5, 5.41) is -0.0345. The lowest BCUT2D eigenvalue weighted by Crippen LogP contribution is -2.38. The van der Waals surface area contributed by atoms with Gasteiger partial charge >= 0.3 is 0 Å². The summed E-state index contributed by atoms with van der Waals surface area (Å²) in [6.45, 7) is 6.22. The van der Waals surface area contributed by atoms with E-state index in [1.165, 1.54) is 18.2 Å². The van der Waals surface area contributed by atoms with Crippen LogP contribution in [0.1, 0.15) is 53.1 Å². The maximum atomic E-state index is 13.3. The van der Waals surface area contributed by atoms with Crippen molar-refractivity contribution in [1.82, 2.24) is 14.9 Å². The lowest BCUT2D eigenvalue weighted by molar-refractivity contribution is 0.0710. The van der Waals surface area contributed by atoms with Crippen molar-refractivity contribution in [1.29, 1.82) is 0 Å². The third-order valence-electron chi connectivity index (χ3n) is 4.82. The SMILES string of the molecule is CCOCc1cnc(C)nc1C1CCN(C(=O)c2ccc(F)c(Cl)c2)CC1. The molecule has 0 bridgehead atoms. The molecule has 1 aromatic carbocycles. The van der Waals surface area contributed by atoms with Gasteiger partial charge in [-0.05, 0) is 44.9 Å². The van der Waals surface area contributed by atoms with Crippen molar-refractivity contribution >= 4 is 17.5 Å². The molecule has 0 atom stereocenters. The molecule has 1 saturated heterocycles. The van der Waals surface area contributed by atoms with E-state index in [1.54, 1.807) is 4.90 Å². The monoisotopic (exact) mass is 391 g/mol. The van der Waals surface area contributed by atoms with E-state index < -0.39 is 5.82 Å². The summed E-state index contributed by atoms with van der Waals surface area (Å²) in [4.78, 5) is 23.4. The predicted molar refractivity (Wildman–Crippen MR) is 101 cm³/mol. The molecular weight excluding hydrogens is 369 g/mol. The molecular formula is C20H23ClFN3O2. The first kappa shape index (κ1) is 19.7. The summed E-state index contributed by atoms with van der Waals surface area (Å²) in [5.41, 5.74) is 2.44. The molecule has 0 spiro atoms. The van der Waals surface area contributed by atoms with Crippen LogP contribution in [-0.2, 0) is 11.3 Å². The number of piperidine rings is 1. The number of rotatable bonds is 5. The summed E-state index contributed by atoms with van der Waals surface area (Å²) in [7, 11) is 0. The van der Waals surface area contributed by atoms with Gasteiger partial charge in [-0.1, -0.05) is 11.6 Å². The Morgan fingerprint density at radius 2 is 2.11 bits per heavy atom. The number of amides is 1. The number of carbonyl (C=O) groups is 1. The minimum Gasteiger partial charge on any atom is -0.377 e. The Kier molecular flexibility index (Phi) is 6.39. The van der Waals surface area contributed by atoms with Crippen LogP contribution >= 0.6 is 11.6 Å². The molecule has 1 aliphatic heterocycles. The smallest absolute Gasteiger partial charge is 0.253 e. The van der Waals surface area contributed by atoms with Gasteiger partial charge in [0.1, 0.15) is 11.6 Å². The highest BCUT2D eigenvalue weighted by molar-refractivity contribution is 6.31. The zero-order chi connectivity index (χ0) is 19.4. The van der Waals surface area contributed by atoms with E-state index in [1.807, 2.05) is 20.0 Å². The topological polar surface area (TPSA) is 55.3 Å². The number of aryl methyl sites for hydroxylation is 1.